The SMILES string of the molecule is Cc1cc2cc(c1)-c1cn(nn1)CCCCCCCCCCCCn1cc(nn1)-c1cc(C)cc(c1)O2. The van der Waals surface area contributed by atoms with E-state index in [1.54, 1.807) is 0 Å². The summed E-state index contributed by atoms with van der Waals surface area (Å²) < 4.78 is 10.3. The minimum Gasteiger partial charge on any atom is -0.457 e. The van der Waals surface area contributed by atoms with E-state index in [0.29, 0.717) is 0 Å². The van der Waals surface area contributed by atoms with Crippen molar-refractivity contribution in [2.45, 2.75) is 91.1 Å². The number of hydrogen-bond donors (Lipinski definition) is 0. The van der Waals surface area contributed by atoms with E-state index in [-0.39, 0.29) is 0 Å². The molecule has 4 aromatic rings. The van der Waals surface area contributed by atoms with E-state index in [9.17, 15) is 0 Å². The number of fused-ring (bicyclic) bond motifs is 10. The minimum atomic E-state index is 0.787. The first-order valence-electron chi connectivity index (χ1n) is 13.8. The Balaban J connectivity index is 1.39. The van der Waals surface area contributed by atoms with Gasteiger partial charge in [0.05, 0.1) is 12.4 Å². The molecule has 0 N–H and O–H groups in total. The van der Waals surface area contributed by atoms with Gasteiger partial charge in [0.15, 0.2) is 0 Å². The summed E-state index contributed by atoms with van der Waals surface area (Å²) in [5, 5.41) is 17.7. The Morgan fingerprint density at radius 3 is 1.38 bits per heavy atom. The van der Waals surface area contributed by atoms with Crippen LogP contribution in [0.3, 0.4) is 0 Å². The van der Waals surface area contributed by atoms with Crippen LogP contribution in [0.5, 0.6) is 11.5 Å². The van der Waals surface area contributed by atoms with Crippen molar-refractivity contribution >= 4 is 0 Å². The Bertz CT molecular complexity index is 1210. The second-order valence-electron chi connectivity index (χ2n) is 10.4. The lowest BCUT2D eigenvalue weighted by Crippen LogP contribution is -1.98. The van der Waals surface area contributed by atoms with Gasteiger partial charge in [-0.25, -0.2) is 0 Å². The van der Waals surface area contributed by atoms with Crippen molar-refractivity contribution in [3.63, 3.8) is 0 Å². The molecule has 1 aliphatic rings. The third-order valence-electron chi connectivity index (χ3n) is 7.03. The van der Waals surface area contributed by atoms with Crippen molar-refractivity contribution in [3.8, 4) is 34.0 Å². The molecule has 37 heavy (non-hydrogen) atoms. The fourth-order valence-electron chi connectivity index (χ4n) is 5.09. The first-order chi connectivity index (χ1) is 18.1. The fourth-order valence-corrected chi connectivity index (χ4v) is 5.09. The van der Waals surface area contributed by atoms with Gasteiger partial charge in [0.2, 0.25) is 0 Å². The summed E-state index contributed by atoms with van der Waals surface area (Å²) in [5.41, 5.74) is 6.02. The molecule has 7 heteroatoms. The zero-order valence-electron chi connectivity index (χ0n) is 22.2. The van der Waals surface area contributed by atoms with Crippen LogP contribution < -0.4 is 4.74 Å². The lowest BCUT2D eigenvalue weighted by atomic mass is 10.1. The summed E-state index contributed by atoms with van der Waals surface area (Å²) >= 11 is 0. The van der Waals surface area contributed by atoms with Gasteiger partial charge in [-0.2, -0.15) is 0 Å². The van der Waals surface area contributed by atoms with E-state index in [2.05, 4.69) is 58.7 Å². The van der Waals surface area contributed by atoms with E-state index in [4.69, 9.17) is 4.74 Å². The van der Waals surface area contributed by atoms with Gasteiger partial charge < -0.3 is 4.74 Å². The molecule has 0 unspecified atom stereocenters. The predicted molar refractivity (Wildman–Crippen MR) is 147 cm³/mol. The summed E-state index contributed by atoms with van der Waals surface area (Å²) in [6.07, 6.45) is 16.8. The first kappa shape index (κ1) is 25.2. The zero-order chi connectivity index (χ0) is 25.5. The van der Waals surface area contributed by atoms with Crippen LogP contribution >= 0.6 is 0 Å². The fraction of sp³-hybridized carbons (Fsp3) is 0.467. The van der Waals surface area contributed by atoms with Crippen LogP contribution in [0.4, 0.5) is 0 Å². The maximum Gasteiger partial charge on any atom is 0.128 e. The molecule has 2 aromatic heterocycles. The molecule has 3 heterocycles. The van der Waals surface area contributed by atoms with Gasteiger partial charge in [-0.15, -0.1) is 10.2 Å². The lowest BCUT2D eigenvalue weighted by Gasteiger charge is -2.10. The van der Waals surface area contributed by atoms with E-state index < -0.39 is 0 Å². The van der Waals surface area contributed by atoms with Gasteiger partial charge in [0.1, 0.15) is 22.9 Å². The van der Waals surface area contributed by atoms with Crippen LogP contribution in [0.1, 0.15) is 75.3 Å². The summed E-state index contributed by atoms with van der Waals surface area (Å²) in [4.78, 5) is 0. The molecule has 0 spiro atoms. The van der Waals surface area contributed by atoms with E-state index >= 15 is 0 Å². The van der Waals surface area contributed by atoms with Crippen molar-refractivity contribution in [2.75, 3.05) is 0 Å². The molecule has 0 radical (unpaired) electrons. The maximum absolute atomic E-state index is 6.36. The topological polar surface area (TPSA) is 70.7 Å². The van der Waals surface area contributed by atoms with Gasteiger partial charge in [0.25, 0.3) is 0 Å². The number of nitrogens with zero attached hydrogens (tertiary/aromatic N) is 6. The molecule has 8 bridgehead atoms. The number of hydrogen-bond acceptors (Lipinski definition) is 5. The Morgan fingerprint density at radius 1 is 0.541 bits per heavy atom. The minimum absolute atomic E-state index is 0.787. The largest absolute Gasteiger partial charge is 0.457 e. The number of aryl methyl sites for hydroxylation is 4. The predicted octanol–water partition coefficient (Wildman–Crippen LogP) is 7.53. The highest BCUT2D eigenvalue weighted by Gasteiger charge is 2.11. The monoisotopic (exact) mass is 498 g/mol. The Morgan fingerprint density at radius 2 is 0.946 bits per heavy atom. The molecule has 2 aromatic carbocycles. The smallest absolute Gasteiger partial charge is 0.128 e. The molecule has 0 aliphatic carbocycles. The van der Waals surface area contributed by atoms with Crippen molar-refractivity contribution in [2.24, 2.45) is 0 Å². The molecular weight excluding hydrogens is 460 g/mol. The van der Waals surface area contributed by atoms with E-state index in [0.717, 1.165) is 71.1 Å². The zero-order valence-corrected chi connectivity index (χ0v) is 22.2. The summed E-state index contributed by atoms with van der Waals surface area (Å²) in [5.74, 6) is 1.57. The summed E-state index contributed by atoms with van der Waals surface area (Å²) in [6, 6.07) is 12.5. The average molecular weight is 499 g/mol. The number of benzene rings is 2. The van der Waals surface area contributed by atoms with Crippen molar-refractivity contribution in [3.05, 3.63) is 59.9 Å². The molecular formula is C30H38N6O. The second kappa shape index (κ2) is 12.2. The molecule has 194 valence electrons. The van der Waals surface area contributed by atoms with E-state index in [1.165, 1.54) is 51.4 Å². The highest BCUT2D eigenvalue weighted by molar-refractivity contribution is 5.64. The van der Waals surface area contributed by atoms with Gasteiger partial charge in [0, 0.05) is 24.2 Å². The van der Waals surface area contributed by atoms with Crippen molar-refractivity contribution in [1.82, 2.24) is 30.0 Å². The molecule has 0 fully saturated rings. The maximum atomic E-state index is 6.36. The molecule has 0 amide bonds. The normalized spacial score (nSPS) is 15.8. The Kier molecular flexibility index (Phi) is 8.28. The van der Waals surface area contributed by atoms with Crippen LogP contribution in [0, 0.1) is 13.8 Å². The van der Waals surface area contributed by atoms with Crippen molar-refractivity contribution in [1.29, 1.82) is 0 Å². The summed E-state index contributed by atoms with van der Waals surface area (Å²) in [6.45, 7) is 5.99. The third-order valence-corrected chi connectivity index (χ3v) is 7.03. The average Bonchev–Trinajstić information content (AvgIpc) is 3.54. The molecule has 0 atom stereocenters. The first-order valence-corrected chi connectivity index (χ1v) is 13.8. The van der Waals surface area contributed by atoms with Crippen molar-refractivity contribution < 1.29 is 4.74 Å². The quantitative estimate of drug-likeness (QED) is 0.251. The van der Waals surface area contributed by atoms with Crippen LogP contribution in [0.15, 0.2) is 48.8 Å². The highest BCUT2D eigenvalue weighted by Crippen LogP contribution is 2.31. The highest BCUT2D eigenvalue weighted by atomic mass is 16.5. The molecule has 7 nitrogen and oxygen atoms in total. The van der Waals surface area contributed by atoms with Gasteiger partial charge in [-0.3, -0.25) is 9.36 Å². The van der Waals surface area contributed by atoms with Crippen LogP contribution in [0.2, 0.25) is 0 Å². The Hall–Kier alpha value is -3.48. The molecule has 1 aliphatic heterocycles. The number of aromatic nitrogens is 6. The molecule has 5 rings (SSSR count). The molecule has 0 saturated heterocycles. The van der Waals surface area contributed by atoms with Crippen LogP contribution in [-0.2, 0) is 13.1 Å². The Labute approximate surface area is 219 Å². The number of ether oxygens (including phenoxy) is 1. The van der Waals surface area contributed by atoms with Gasteiger partial charge in [-0.1, -0.05) is 61.8 Å². The van der Waals surface area contributed by atoms with E-state index in [1.807, 2.05) is 33.9 Å². The lowest BCUT2D eigenvalue weighted by molar-refractivity contribution is 0.482. The third kappa shape index (κ3) is 7.06. The van der Waals surface area contributed by atoms with Gasteiger partial charge >= 0.3 is 0 Å². The second-order valence-corrected chi connectivity index (χ2v) is 10.4. The molecule has 0 saturated carbocycles. The van der Waals surface area contributed by atoms with Gasteiger partial charge in [-0.05, 0) is 74.2 Å². The number of rotatable bonds is 0. The summed E-state index contributed by atoms with van der Waals surface area (Å²) in [7, 11) is 0. The van der Waals surface area contributed by atoms with Crippen LogP contribution in [-0.4, -0.2) is 30.0 Å². The standard InChI is InChI=1S/C30H38N6O/c1-23-15-25-19-27(17-23)37-28-18-24(2)16-26(20-28)30-22-36(34-32-30)14-12-10-8-6-4-3-5-7-9-11-13-35-21-29(25)31-33-35/h15-22H,3-14H2,1-2H3. The van der Waals surface area contributed by atoms with Crippen LogP contribution in [0.25, 0.3) is 22.5 Å².